The zero-order chi connectivity index (χ0) is 37.0. The van der Waals surface area contributed by atoms with Crippen molar-refractivity contribution in [1.29, 1.82) is 0 Å². The van der Waals surface area contributed by atoms with Crippen LogP contribution in [0.1, 0.15) is 21.9 Å². The lowest BCUT2D eigenvalue weighted by molar-refractivity contribution is 0.669. The summed E-state index contributed by atoms with van der Waals surface area (Å²) in [5.74, 6) is 2.20. The minimum Gasteiger partial charge on any atom is -0.456 e. The SMILES string of the molecule is C1=CC(c2ccc(-c3cccc4oc5cc(-c6nc(-c7ccccc7)nc(-c7ccc(-c8ccccc8)cc7)n6)ccc5c34)cc2)Cc2c1sc1ccccc21. The van der Waals surface area contributed by atoms with Gasteiger partial charge in [0.1, 0.15) is 11.2 Å². The Morgan fingerprint density at radius 2 is 1.09 bits per heavy atom. The second-order valence-electron chi connectivity index (χ2n) is 14.3. The predicted octanol–water partition coefficient (Wildman–Crippen LogP) is 13.7. The smallest absolute Gasteiger partial charge is 0.164 e. The van der Waals surface area contributed by atoms with E-state index >= 15 is 0 Å². The first-order chi connectivity index (χ1) is 27.7. The Morgan fingerprint density at radius 3 is 1.86 bits per heavy atom. The fourth-order valence-corrected chi connectivity index (χ4v) is 9.24. The van der Waals surface area contributed by atoms with E-state index in [1.54, 1.807) is 0 Å². The molecule has 264 valence electrons. The van der Waals surface area contributed by atoms with E-state index in [2.05, 4.69) is 146 Å². The number of nitrogens with zero attached hydrogens (tertiary/aromatic N) is 3. The van der Waals surface area contributed by atoms with Gasteiger partial charge in [-0.1, -0.05) is 152 Å². The molecule has 4 nitrogen and oxygen atoms in total. The number of furan rings is 1. The average molecular weight is 736 g/mol. The molecule has 0 saturated heterocycles. The van der Waals surface area contributed by atoms with Gasteiger partial charge in [-0.2, -0.15) is 0 Å². The van der Waals surface area contributed by atoms with E-state index in [-0.39, 0.29) is 0 Å². The first-order valence-electron chi connectivity index (χ1n) is 18.9. The Morgan fingerprint density at radius 1 is 0.482 bits per heavy atom. The van der Waals surface area contributed by atoms with Crippen molar-refractivity contribution in [2.45, 2.75) is 12.3 Å². The summed E-state index contributed by atoms with van der Waals surface area (Å²) in [5, 5.41) is 3.56. The van der Waals surface area contributed by atoms with Gasteiger partial charge < -0.3 is 4.42 Å². The van der Waals surface area contributed by atoms with Gasteiger partial charge in [-0.05, 0) is 75.5 Å². The standard InChI is InChI=1S/C51H33N3OS/c1-3-10-32(11-4-1)33-20-24-37(25-21-33)50-52-49(36-12-5-2-6-13-36)53-51(54-50)39-26-28-42-45(31-39)55-44-16-9-15-40(48(42)44)35-22-18-34(19-23-35)38-27-29-47-43(30-38)41-14-7-8-17-46(41)56-47/h1-29,31,38H,30H2. The van der Waals surface area contributed by atoms with E-state index < -0.39 is 0 Å². The highest BCUT2D eigenvalue weighted by Crippen LogP contribution is 2.42. The molecule has 1 aliphatic carbocycles. The molecule has 1 atom stereocenters. The Hall–Kier alpha value is -6.95. The lowest BCUT2D eigenvalue weighted by Crippen LogP contribution is -2.04. The number of benzene rings is 7. The van der Waals surface area contributed by atoms with E-state index in [1.807, 2.05) is 47.7 Å². The fraction of sp³-hybridized carbons (Fsp3) is 0.0392. The van der Waals surface area contributed by atoms with Crippen LogP contribution in [0.3, 0.4) is 0 Å². The minimum absolute atomic E-state index is 0.352. The van der Waals surface area contributed by atoms with Gasteiger partial charge in [-0.3, -0.25) is 0 Å². The molecule has 1 aliphatic rings. The van der Waals surface area contributed by atoms with Crippen LogP contribution in [0.4, 0.5) is 0 Å². The van der Waals surface area contributed by atoms with Crippen LogP contribution < -0.4 is 0 Å². The van der Waals surface area contributed by atoms with Crippen LogP contribution >= 0.6 is 11.3 Å². The zero-order valence-electron chi connectivity index (χ0n) is 30.3. The third-order valence-corrected chi connectivity index (χ3v) is 12.1. The molecule has 0 bridgehead atoms. The highest BCUT2D eigenvalue weighted by atomic mass is 32.1. The molecule has 0 saturated carbocycles. The average Bonchev–Trinajstić information content (AvgIpc) is 3.85. The lowest BCUT2D eigenvalue weighted by atomic mass is 9.86. The first kappa shape index (κ1) is 32.5. The molecule has 0 N–H and O–H groups in total. The maximum Gasteiger partial charge on any atom is 0.164 e. The Bertz CT molecular complexity index is 3090. The van der Waals surface area contributed by atoms with Crippen LogP contribution in [0.5, 0.6) is 0 Å². The summed E-state index contributed by atoms with van der Waals surface area (Å²) in [6.45, 7) is 0. The van der Waals surface area contributed by atoms with Crippen LogP contribution in [0, 0.1) is 0 Å². The van der Waals surface area contributed by atoms with Crippen molar-refractivity contribution in [1.82, 2.24) is 15.0 Å². The van der Waals surface area contributed by atoms with Crippen molar-refractivity contribution in [3.05, 3.63) is 192 Å². The summed E-state index contributed by atoms with van der Waals surface area (Å²) >= 11 is 1.89. The van der Waals surface area contributed by atoms with Crippen LogP contribution in [0.2, 0.25) is 0 Å². The van der Waals surface area contributed by atoms with Crippen molar-refractivity contribution in [2.75, 3.05) is 0 Å². The second-order valence-corrected chi connectivity index (χ2v) is 15.4. The Balaban J connectivity index is 0.941. The second kappa shape index (κ2) is 13.4. The Kier molecular flexibility index (Phi) is 7.78. The zero-order valence-corrected chi connectivity index (χ0v) is 31.1. The molecule has 11 rings (SSSR count). The van der Waals surface area contributed by atoms with E-state index in [0.717, 1.165) is 56.2 Å². The number of aromatic nitrogens is 3. The maximum absolute atomic E-state index is 6.56. The molecule has 1 unspecified atom stereocenters. The minimum atomic E-state index is 0.352. The summed E-state index contributed by atoms with van der Waals surface area (Å²) in [6, 6.07) is 59.4. The van der Waals surface area contributed by atoms with Gasteiger partial charge in [0, 0.05) is 43.0 Å². The predicted molar refractivity (Wildman–Crippen MR) is 232 cm³/mol. The molecule has 7 aromatic carbocycles. The number of rotatable bonds is 6. The molecule has 3 heterocycles. The highest BCUT2D eigenvalue weighted by Gasteiger charge is 2.21. The molecular weight excluding hydrogens is 703 g/mol. The third kappa shape index (κ3) is 5.72. The molecule has 0 radical (unpaired) electrons. The van der Waals surface area contributed by atoms with E-state index in [0.29, 0.717) is 23.4 Å². The molecular formula is C51H33N3OS. The molecule has 0 spiro atoms. The van der Waals surface area contributed by atoms with Gasteiger partial charge in [0.05, 0.1) is 0 Å². The summed E-state index contributed by atoms with van der Waals surface area (Å²) in [4.78, 5) is 16.4. The first-order valence-corrected chi connectivity index (χ1v) is 19.8. The van der Waals surface area contributed by atoms with Crippen LogP contribution in [-0.4, -0.2) is 15.0 Å². The lowest BCUT2D eigenvalue weighted by Gasteiger charge is -2.18. The summed E-state index contributed by atoms with van der Waals surface area (Å²) in [6.07, 6.45) is 5.71. The van der Waals surface area contributed by atoms with Crippen molar-refractivity contribution < 1.29 is 4.42 Å². The molecule has 10 aromatic rings. The quantitative estimate of drug-likeness (QED) is 0.171. The molecule has 5 heteroatoms. The van der Waals surface area contributed by atoms with Gasteiger partial charge in [0.15, 0.2) is 17.5 Å². The third-order valence-electron chi connectivity index (χ3n) is 11.0. The molecule has 0 fully saturated rings. The van der Waals surface area contributed by atoms with E-state index in [1.165, 1.54) is 37.2 Å². The van der Waals surface area contributed by atoms with E-state index in [9.17, 15) is 0 Å². The van der Waals surface area contributed by atoms with Gasteiger partial charge in [0.2, 0.25) is 0 Å². The van der Waals surface area contributed by atoms with Crippen molar-refractivity contribution >= 4 is 49.4 Å². The molecule has 0 amide bonds. The summed E-state index contributed by atoms with van der Waals surface area (Å²) in [5.41, 5.74) is 11.8. The van der Waals surface area contributed by atoms with Gasteiger partial charge in [0.25, 0.3) is 0 Å². The van der Waals surface area contributed by atoms with Crippen molar-refractivity contribution in [3.63, 3.8) is 0 Å². The van der Waals surface area contributed by atoms with Gasteiger partial charge in [-0.15, -0.1) is 11.3 Å². The number of hydrogen-bond donors (Lipinski definition) is 0. The topological polar surface area (TPSA) is 51.8 Å². The van der Waals surface area contributed by atoms with Gasteiger partial charge >= 0.3 is 0 Å². The number of hydrogen-bond acceptors (Lipinski definition) is 5. The number of fused-ring (bicyclic) bond motifs is 6. The largest absolute Gasteiger partial charge is 0.456 e. The normalized spacial score (nSPS) is 13.8. The van der Waals surface area contributed by atoms with Crippen LogP contribution in [-0.2, 0) is 6.42 Å². The fourth-order valence-electron chi connectivity index (χ4n) is 8.09. The number of allylic oxidation sites excluding steroid dienone is 1. The monoisotopic (exact) mass is 735 g/mol. The molecule has 0 aliphatic heterocycles. The summed E-state index contributed by atoms with van der Waals surface area (Å²) in [7, 11) is 0. The summed E-state index contributed by atoms with van der Waals surface area (Å²) < 4.78 is 7.93. The van der Waals surface area contributed by atoms with Crippen molar-refractivity contribution in [3.8, 4) is 56.4 Å². The number of thiophene rings is 1. The highest BCUT2D eigenvalue weighted by molar-refractivity contribution is 7.20. The Labute approximate surface area is 328 Å². The van der Waals surface area contributed by atoms with Crippen molar-refractivity contribution in [2.24, 2.45) is 0 Å². The molecule has 56 heavy (non-hydrogen) atoms. The van der Waals surface area contributed by atoms with Crippen LogP contribution in [0.15, 0.2) is 180 Å². The molecule has 3 aromatic heterocycles. The van der Waals surface area contributed by atoms with Crippen LogP contribution in [0.25, 0.3) is 94.5 Å². The van der Waals surface area contributed by atoms with E-state index in [4.69, 9.17) is 19.4 Å². The maximum atomic E-state index is 6.56. The van der Waals surface area contributed by atoms with Gasteiger partial charge in [-0.25, -0.2) is 15.0 Å².